The molecule has 0 spiro atoms. The molecule has 6 aromatic carbocycles. The van der Waals surface area contributed by atoms with Crippen molar-refractivity contribution in [2.45, 2.75) is 6.92 Å². The Morgan fingerprint density at radius 2 is 1.35 bits per heavy atom. The van der Waals surface area contributed by atoms with Gasteiger partial charge in [-0.1, -0.05) is 85.5 Å². The molecule has 8 aromatic rings. The molecule has 3 nitrogen and oxygen atoms in total. The van der Waals surface area contributed by atoms with Gasteiger partial charge in [0.25, 0.3) is 0 Å². The zero-order valence-corrected chi connectivity index (χ0v) is 25.4. The summed E-state index contributed by atoms with van der Waals surface area (Å²) in [4.78, 5) is 2.23. The molecule has 0 amide bonds. The molecule has 0 aliphatic carbocycles. The average molecular weight is 591 g/mol. The van der Waals surface area contributed by atoms with Crippen LogP contribution < -0.4 is 4.90 Å². The summed E-state index contributed by atoms with van der Waals surface area (Å²) in [6.45, 7) is 6.47. The smallest absolute Gasteiger partial charge is 0.143 e. The van der Waals surface area contributed by atoms with Gasteiger partial charge in [0.1, 0.15) is 11.2 Å². The molecule has 1 aliphatic rings. The van der Waals surface area contributed by atoms with E-state index in [0.717, 1.165) is 61.3 Å². The maximum atomic E-state index is 6.67. The maximum Gasteiger partial charge on any atom is 0.143 e. The lowest BCUT2D eigenvalue weighted by atomic mass is 9.99. The third-order valence-electron chi connectivity index (χ3n) is 9.13. The second-order valence-electron chi connectivity index (χ2n) is 12.0. The zero-order chi connectivity index (χ0) is 30.8. The number of allylic oxidation sites excluding steroid dienone is 4. The Kier molecular flexibility index (Phi) is 5.87. The van der Waals surface area contributed by atoms with E-state index < -0.39 is 0 Å². The van der Waals surface area contributed by atoms with E-state index in [1.807, 2.05) is 6.08 Å². The van der Waals surface area contributed by atoms with Crippen molar-refractivity contribution in [1.82, 2.24) is 4.57 Å². The summed E-state index contributed by atoms with van der Waals surface area (Å²) < 4.78 is 9.03. The van der Waals surface area contributed by atoms with E-state index in [1.54, 1.807) is 0 Å². The van der Waals surface area contributed by atoms with Crippen molar-refractivity contribution >= 4 is 60.7 Å². The molecule has 2 aromatic heterocycles. The summed E-state index contributed by atoms with van der Waals surface area (Å²) in [5.41, 5.74) is 13.0. The topological polar surface area (TPSA) is 21.3 Å². The number of aryl methyl sites for hydroxylation is 1. The molecule has 0 bridgehead atoms. The molecule has 0 unspecified atom stereocenters. The Morgan fingerprint density at radius 3 is 2.17 bits per heavy atom. The molecular formula is C43H30N2O. The highest BCUT2D eigenvalue weighted by atomic mass is 16.3. The summed E-state index contributed by atoms with van der Waals surface area (Å²) >= 11 is 0. The number of fused-ring (bicyclic) bond motifs is 7. The third kappa shape index (κ3) is 4.06. The van der Waals surface area contributed by atoms with Gasteiger partial charge in [0.15, 0.2) is 0 Å². The van der Waals surface area contributed by atoms with Crippen LogP contribution in [0.15, 0.2) is 163 Å². The van der Waals surface area contributed by atoms with Crippen molar-refractivity contribution in [2.24, 2.45) is 0 Å². The van der Waals surface area contributed by atoms with E-state index in [-0.39, 0.29) is 0 Å². The normalized spacial score (nSPS) is 14.5. The standard InChI is InChI=1S/C43H30N2O/c1-28-24-36(30-13-11-14-32(26-30)45-40-19-7-4-16-34(40)35-17-5-8-20-41(35)45)43-38(25-28)37-27-31(21-22-42(37)46-43)44-23-10-9-12-29(2)33-15-3-6-18-39(33)44/h3-27H,2H2,1H3/b12-9-,23-10-. The zero-order valence-electron chi connectivity index (χ0n) is 25.4. The van der Waals surface area contributed by atoms with Crippen LogP contribution in [0.25, 0.3) is 66.1 Å². The summed E-state index contributed by atoms with van der Waals surface area (Å²) in [6.07, 6.45) is 8.27. The molecule has 0 atom stereocenters. The van der Waals surface area contributed by atoms with Gasteiger partial charge < -0.3 is 13.9 Å². The molecule has 0 radical (unpaired) electrons. The summed E-state index contributed by atoms with van der Waals surface area (Å²) in [5.74, 6) is 0. The van der Waals surface area contributed by atoms with Crippen LogP contribution in [0.2, 0.25) is 0 Å². The van der Waals surface area contributed by atoms with Crippen molar-refractivity contribution in [1.29, 1.82) is 0 Å². The molecule has 3 heterocycles. The minimum absolute atomic E-state index is 0.873. The van der Waals surface area contributed by atoms with Crippen LogP contribution in [0.3, 0.4) is 0 Å². The first-order valence-electron chi connectivity index (χ1n) is 15.6. The lowest BCUT2D eigenvalue weighted by Crippen LogP contribution is -2.11. The molecule has 218 valence electrons. The number of para-hydroxylation sites is 3. The van der Waals surface area contributed by atoms with Crippen LogP contribution in [0, 0.1) is 6.92 Å². The number of nitrogens with zero attached hydrogens (tertiary/aromatic N) is 2. The largest absolute Gasteiger partial charge is 0.455 e. The van der Waals surface area contributed by atoms with Gasteiger partial charge in [-0.15, -0.1) is 0 Å². The average Bonchev–Trinajstić information content (AvgIpc) is 3.62. The highest BCUT2D eigenvalue weighted by molar-refractivity contribution is 6.12. The molecule has 9 rings (SSSR count). The van der Waals surface area contributed by atoms with Gasteiger partial charge in [0.05, 0.1) is 16.7 Å². The number of hydrogen-bond acceptors (Lipinski definition) is 2. The van der Waals surface area contributed by atoms with Gasteiger partial charge in [0, 0.05) is 50.2 Å². The van der Waals surface area contributed by atoms with Gasteiger partial charge in [-0.05, 0) is 90.4 Å². The van der Waals surface area contributed by atoms with Gasteiger partial charge >= 0.3 is 0 Å². The van der Waals surface area contributed by atoms with Crippen molar-refractivity contribution in [3.05, 3.63) is 170 Å². The van der Waals surface area contributed by atoms with Crippen molar-refractivity contribution < 1.29 is 4.42 Å². The maximum absolute atomic E-state index is 6.67. The fraction of sp³-hybridized carbons (Fsp3) is 0.0233. The SMILES string of the molecule is C=C1/C=C\C=C/N(c2ccc3oc4c(-c5cccc(-n6c7ccccc7c7ccccc76)c5)cc(C)cc4c3c2)c2ccccc21. The first kappa shape index (κ1) is 26.4. The molecule has 46 heavy (non-hydrogen) atoms. The predicted molar refractivity (Wildman–Crippen MR) is 194 cm³/mol. The van der Waals surface area contributed by atoms with Crippen LogP contribution in [0.4, 0.5) is 11.4 Å². The van der Waals surface area contributed by atoms with Gasteiger partial charge in [0.2, 0.25) is 0 Å². The number of aromatic nitrogens is 1. The highest BCUT2D eigenvalue weighted by Gasteiger charge is 2.19. The monoisotopic (exact) mass is 590 g/mol. The first-order valence-corrected chi connectivity index (χ1v) is 15.6. The Labute approximate surface area is 267 Å². The van der Waals surface area contributed by atoms with Crippen LogP contribution in [0.5, 0.6) is 0 Å². The first-order chi connectivity index (χ1) is 22.6. The Morgan fingerprint density at radius 1 is 0.587 bits per heavy atom. The Balaban J connectivity index is 1.21. The molecular weight excluding hydrogens is 560 g/mol. The molecule has 3 heteroatoms. The van der Waals surface area contributed by atoms with E-state index in [1.165, 1.54) is 27.4 Å². The number of benzene rings is 6. The van der Waals surface area contributed by atoms with E-state index in [9.17, 15) is 0 Å². The number of rotatable bonds is 3. The van der Waals surface area contributed by atoms with Crippen LogP contribution in [-0.2, 0) is 0 Å². The number of hydrogen-bond donors (Lipinski definition) is 0. The van der Waals surface area contributed by atoms with E-state index in [0.29, 0.717) is 0 Å². The lowest BCUT2D eigenvalue weighted by molar-refractivity contribution is 0.670. The second-order valence-corrected chi connectivity index (χ2v) is 12.0. The van der Waals surface area contributed by atoms with Crippen molar-refractivity contribution in [2.75, 3.05) is 4.90 Å². The minimum Gasteiger partial charge on any atom is -0.455 e. The lowest BCUT2D eigenvalue weighted by Gasteiger charge is -2.25. The molecule has 0 saturated heterocycles. The molecule has 0 N–H and O–H groups in total. The number of furan rings is 1. The Hall–Kier alpha value is -6.06. The van der Waals surface area contributed by atoms with Crippen LogP contribution in [-0.4, -0.2) is 4.57 Å². The quantitative estimate of drug-likeness (QED) is 0.204. The fourth-order valence-electron chi connectivity index (χ4n) is 7.05. The summed E-state index contributed by atoms with van der Waals surface area (Å²) in [6, 6.07) is 45.5. The third-order valence-corrected chi connectivity index (χ3v) is 9.13. The number of anilines is 2. The van der Waals surface area contributed by atoms with Crippen LogP contribution in [0.1, 0.15) is 11.1 Å². The minimum atomic E-state index is 0.873. The van der Waals surface area contributed by atoms with E-state index >= 15 is 0 Å². The van der Waals surface area contributed by atoms with Gasteiger partial charge in [-0.2, -0.15) is 0 Å². The van der Waals surface area contributed by atoms with Gasteiger partial charge in [-0.3, -0.25) is 0 Å². The molecule has 0 saturated carbocycles. The Bertz CT molecular complexity index is 2520. The summed E-state index contributed by atoms with van der Waals surface area (Å²) in [5, 5.41) is 4.72. The fourth-order valence-corrected chi connectivity index (χ4v) is 7.05. The van der Waals surface area contributed by atoms with Crippen molar-refractivity contribution in [3.8, 4) is 16.8 Å². The molecule has 0 fully saturated rings. The van der Waals surface area contributed by atoms with E-state index in [4.69, 9.17) is 4.42 Å². The van der Waals surface area contributed by atoms with Gasteiger partial charge in [-0.25, -0.2) is 0 Å². The van der Waals surface area contributed by atoms with Crippen molar-refractivity contribution in [3.63, 3.8) is 0 Å². The summed E-state index contributed by atoms with van der Waals surface area (Å²) in [7, 11) is 0. The second kappa shape index (κ2) is 10.3. The predicted octanol–water partition coefficient (Wildman–Crippen LogP) is 11.9. The van der Waals surface area contributed by atoms with Crippen LogP contribution >= 0.6 is 0 Å². The van der Waals surface area contributed by atoms with E-state index in [2.05, 4.69) is 169 Å². The highest BCUT2D eigenvalue weighted by Crippen LogP contribution is 2.41. The molecule has 1 aliphatic heterocycles.